The van der Waals surface area contributed by atoms with Crippen LogP contribution in [0.4, 0.5) is 0 Å². The summed E-state index contributed by atoms with van der Waals surface area (Å²) in [4.78, 5) is 28.1. The third-order valence-corrected chi connectivity index (χ3v) is 9.29. The van der Waals surface area contributed by atoms with Crippen LogP contribution in [0, 0.1) is 16.7 Å². The molecule has 7 nitrogen and oxygen atoms in total. The van der Waals surface area contributed by atoms with Gasteiger partial charge in [-0.3, -0.25) is 9.59 Å². The van der Waals surface area contributed by atoms with Gasteiger partial charge in [0.05, 0.1) is 17.5 Å². The highest BCUT2D eigenvalue weighted by molar-refractivity contribution is 8.48. The summed E-state index contributed by atoms with van der Waals surface area (Å²) >= 11 is 7.97. The van der Waals surface area contributed by atoms with E-state index in [4.69, 9.17) is 21.7 Å². The molecule has 5 heterocycles. The van der Waals surface area contributed by atoms with Gasteiger partial charge < -0.3 is 19.3 Å². The van der Waals surface area contributed by atoms with Crippen LogP contribution in [0.5, 0.6) is 11.5 Å². The van der Waals surface area contributed by atoms with Gasteiger partial charge in [-0.1, -0.05) is 41.8 Å². The van der Waals surface area contributed by atoms with Crippen molar-refractivity contribution >= 4 is 51.1 Å². The SMILES string of the molecule is CN1C(=O)C23C[C@](C)(C#N)C(c4ccc5c(c4)OCO5)N2C(=O)[C@]1(C)SC(=S)S3. The van der Waals surface area contributed by atoms with E-state index >= 15 is 0 Å². The molecular formula is C19H17N3O4S3. The Balaban J connectivity index is 1.74. The molecule has 1 aromatic rings. The zero-order valence-electron chi connectivity index (χ0n) is 15.9. The molecule has 150 valence electrons. The van der Waals surface area contributed by atoms with E-state index in [2.05, 4.69) is 6.07 Å². The van der Waals surface area contributed by atoms with Gasteiger partial charge in [0.1, 0.15) is 3.53 Å². The summed E-state index contributed by atoms with van der Waals surface area (Å²) in [6.07, 6.45) is 0.200. The van der Waals surface area contributed by atoms with Crippen molar-refractivity contribution in [1.29, 1.82) is 5.26 Å². The lowest BCUT2D eigenvalue weighted by Crippen LogP contribution is -2.69. The number of amides is 2. The third kappa shape index (κ3) is 2.24. The largest absolute Gasteiger partial charge is 0.454 e. The van der Waals surface area contributed by atoms with Crippen molar-refractivity contribution < 1.29 is 19.1 Å². The summed E-state index contributed by atoms with van der Waals surface area (Å²) in [5.74, 6) is 0.793. The van der Waals surface area contributed by atoms with E-state index in [1.165, 1.54) is 28.4 Å². The molecular weight excluding hydrogens is 430 g/mol. The molecule has 0 aliphatic carbocycles. The van der Waals surface area contributed by atoms with Crippen molar-refractivity contribution in [2.75, 3.05) is 13.8 Å². The Kier molecular flexibility index (Phi) is 3.81. The molecule has 2 amide bonds. The Bertz CT molecular complexity index is 1040. The lowest BCUT2D eigenvalue weighted by atomic mass is 9.79. The molecule has 1 aromatic carbocycles. The Labute approximate surface area is 181 Å². The number of piperazine rings is 1. The molecule has 2 unspecified atom stereocenters. The van der Waals surface area contributed by atoms with Crippen LogP contribution in [-0.2, 0) is 9.59 Å². The van der Waals surface area contributed by atoms with Gasteiger partial charge in [-0.2, -0.15) is 5.26 Å². The van der Waals surface area contributed by atoms with E-state index in [-0.39, 0.29) is 25.0 Å². The van der Waals surface area contributed by atoms with Crippen LogP contribution < -0.4 is 9.47 Å². The van der Waals surface area contributed by atoms with Gasteiger partial charge in [0.25, 0.3) is 11.8 Å². The van der Waals surface area contributed by atoms with Gasteiger partial charge in [0, 0.05) is 13.5 Å². The molecule has 29 heavy (non-hydrogen) atoms. The third-order valence-electron chi connectivity index (χ3n) is 6.25. The summed E-state index contributed by atoms with van der Waals surface area (Å²) in [6, 6.07) is 7.21. The minimum Gasteiger partial charge on any atom is -0.454 e. The summed E-state index contributed by atoms with van der Waals surface area (Å²) in [5.41, 5.74) is -0.234. The monoisotopic (exact) mass is 447 g/mol. The Morgan fingerprint density at radius 3 is 2.66 bits per heavy atom. The first-order valence-electron chi connectivity index (χ1n) is 9.01. The lowest BCUT2D eigenvalue weighted by molar-refractivity contribution is -0.163. The van der Waals surface area contributed by atoms with Crippen LogP contribution in [0.25, 0.3) is 0 Å². The molecule has 5 aliphatic heterocycles. The molecule has 4 fully saturated rings. The summed E-state index contributed by atoms with van der Waals surface area (Å²) in [7, 11) is 1.64. The first-order chi connectivity index (χ1) is 13.7. The predicted octanol–water partition coefficient (Wildman–Crippen LogP) is 2.87. The average molecular weight is 448 g/mol. The first-order valence-corrected chi connectivity index (χ1v) is 11.1. The van der Waals surface area contributed by atoms with Gasteiger partial charge in [-0.15, -0.1) is 0 Å². The fourth-order valence-corrected chi connectivity index (χ4v) is 8.57. The van der Waals surface area contributed by atoms with E-state index < -0.39 is 21.2 Å². The van der Waals surface area contributed by atoms with E-state index in [1.54, 1.807) is 37.9 Å². The van der Waals surface area contributed by atoms with Gasteiger partial charge in [0.2, 0.25) is 6.79 Å². The second-order valence-corrected chi connectivity index (χ2v) is 11.9. The molecule has 0 saturated carbocycles. The molecule has 10 heteroatoms. The number of fused-ring (bicyclic) bond motifs is 4. The topological polar surface area (TPSA) is 82.9 Å². The number of benzene rings is 1. The molecule has 4 saturated heterocycles. The van der Waals surface area contributed by atoms with Crippen LogP contribution in [0.2, 0.25) is 0 Å². The zero-order chi connectivity index (χ0) is 20.8. The van der Waals surface area contributed by atoms with Gasteiger partial charge in [-0.25, -0.2) is 0 Å². The van der Waals surface area contributed by atoms with Gasteiger partial charge >= 0.3 is 0 Å². The summed E-state index contributed by atoms with van der Waals surface area (Å²) in [5, 5.41) is 10.1. The quantitative estimate of drug-likeness (QED) is 0.608. The molecule has 0 radical (unpaired) electrons. The first kappa shape index (κ1) is 19.0. The van der Waals surface area contributed by atoms with E-state index in [1.807, 2.05) is 6.07 Å². The second-order valence-electron chi connectivity index (χ2n) is 7.98. The number of nitrogens with zero attached hydrogens (tertiary/aromatic N) is 3. The smallest absolute Gasteiger partial charge is 0.261 e. The van der Waals surface area contributed by atoms with Crippen molar-refractivity contribution in [1.82, 2.24) is 9.80 Å². The molecule has 1 spiro atoms. The number of rotatable bonds is 1. The second kappa shape index (κ2) is 5.80. The molecule has 0 aromatic heterocycles. The van der Waals surface area contributed by atoms with Gasteiger partial charge in [0.15, 0.2) is 21.2 Å². The molecule has 4 atom stereocenters. The number of nitriles is 1. The van der Waals surface area contributed by atoms with Crippen LogP contribution in [0.1, 0.15) is 31.9 Å². The fourth-order valence-electron chi connectivity index (χ4n) is 4.72. The van der Waals surface area contributed by atoms with Crippen LogP contribution in [-0.4, -0.2) is 48.7 Å². The zero-order valence-corrected chi connectivity index (χ0v) is 18.4. The number of carbonyl (C=O) groups excluding carboxylic acids is 2. The number of hydrogen-bond acceptors (Lipinski definition) is 8. The number of ether oxygens (including phenoxy) is 2. The minimum absolute atomic E-state index is 0.133. The number of carbonyl (C=O) groups is 2. The van der Waals surface area contributed by atoms with E-state index in [9.17, 15) is 14.9 Å². The van der Waals surface area contributed by atoms with Crippen LogP contribution in [0.3, 0.4) is 0 Å². The maximum Gasteiger partial charge on any atom is 0.261 e. The highest BCUT2D eigenvalue weighted by Gasteiger charge is 2.73. The summed E-state index contributed by atoms with van der Waals surface area (Å²) in [6.45, 7) is 3.66. The van der Waals surface area contributed by atoms with Crippen molar-refractivity contribution in [2.45, 2.75) is 36.1 Å². The molecule has 5 aliphatic rings. The maximum absolute atomic E-state index is 13.8. The van der Waals surface area contributed by atoms with Crippen molar-refractivity contribution in [3.63, 3.8) is 0 Å². The van der Waals surface area contributed by atoms with E-state index in [0.29, 0.717) is 15.0 Å². The number of hydrogen-bond donors (Lipinski definition) is 0. The Morgan fingerprint density at radius 2 is 1.93 bits per heavy atom. The summed E-state index contributed by atoms with van der Waals surface area (Å²) < 4.78 is 11.4. The molecule has 2 bridgehead atoms. The number of thiocarbonyl (C=S) groups is 1. The lowest BCUT2D eigenvalue weighted by Gasteiger charge is -2.50. The number of likely N-dealkylation sites (N-methyl/N-ethyl adjacent to an activating group) is 1. The van der Waals surface area contributed by atoms with Crippen molar-refractivity contribution in [3.05, 3.63) is 23.8 Å². The maximum atomic E-state index is 13.8. The highest BCUT2D eigenvalue weighted by Crippen LogP contribution is 2.65. The van der Waals surface area contributed by atoms with Crippen molar-refractivity contribution in [3.8, 4) is 17.6 Å². The molecule has 0 N–H and O–H groups in total. The van der Waals surface area contributed by atoms with E-state index in [0.717, 1.165) is 5.56 Å². The molecule has 6 rings (SSSR count). The predicted molar refractivity (Wildman–Crippen MR) is 112 cm³/mol. The Morgan fingerprint density at radius 1 is 1.21 bits per heavy atom. The number of thioether (sulfide) groups is 2. The highest BCUT2D eigenvalue weighted by atomic mass is 32.2. The Hall–Kier alpha value is -1.96. The fraction of sp³-hybridized carbons (Fsp3) is 0.474. The minimum atomic E-state index is -1.22. The van der Waals surface area contributed by atoms with Gasteiger partial charge in [-0.05, 0) is 31.5 Å². The van der Waals surface area contributed by atoms with Crippen LogP contribution >= 0.6 is 35.7 Å². The normalized spacial score (nSPS) is 37.6. The van der Waals surface area contributed by atoms with Crippen molar-refractivity contribution in [2.24, 2.45) is 5.41 Å². The van der Waals surface area contributed by atoms with Crippen LogP contribution in [0.15, 0.2) is 18.2 Å². The average Bonchev–Trinajstić information content (AvgIpc) is 3.21. The standard InChI is InChI=1S/C19H17N3O4S3/c1-17(8-20)7-19-15(24)21(3)18(2,28-16(27)29-19)14(23)22(19)13(17)10-4-5-11-12(6-10)26-9-25-11/h4-6,13H,7,9H2,1-3H3/t13?,17-,18+,19?/m1/s1.